The fourth-order valence-electron chi connectivity index (χ4n) is 2.99. The number of alkyl halides is 3. The summed E-state index contributed by atoms with van der Waals surface area (Å²) in [5, 5.41) is -0.157. The van der Waals surface area contributed by atoms with Crippen molar-refractivity contribution in [2.75, 3.05) is 0 Å². The topological polar surface area (TPSA) is 39.9 Å². The van der Waals surface area contributed by atoms with Gasteiger partial charge in [0.15, 0.2) is 5.65 Å². The molecule has 0 radical (unpaired) electrons. The van der Waals surface area contributed by atoms with Crippen LogP contribution in [0.5, 0.6) is 5.75 Å². The maximum atomic E-state index is 12.5. The molecule has 0 aliphatic rings. The van der Waals surface area contributed by atoms with E-state index in [1.54, 1.807) is 11.5 Å². The number of nitrogens with zero attached hydrogens (tertiary/aromatic N) is 3. The number of rotatable bonds is 3. The minimum absolute atomic E-state index is 0.157. The number of halogens is 4. The van der Waals surface area contributed by atoms with Crippen molar-refractivity contribution >= 4 is 22.8 Å². The van der Waals surface area contributed by atoms with Gasteiger partial charge < -0.3 is 4.74 Å². The first-order valence-corrected chi connectivity index (χ1v) is 8.67. The highest BCUT2D eigenvalue weighted by Crippen LogP contribution is 2.33. The number of hydrogen-bond acceptors (Lipinski definition) is 3. The molecule has 0 bridgehead atoms. The Morgan fingerprint density at radius 2 is 1.71 bits per heavy atom. The molecule has 2 aromatic carbocycles. The van der Waals surface area contributed by atoms with E-state index in [2.05, 4.69) is 9.72 Å². The van der Waals surface area contributed by atoms with E-state index in [1.807, 2.05) is 42.5 Å². The Morgan fingerprint density at radius 3 is 2.39 bits per heavy atom. The van der Waals surface area contributed by atoms with Crippen LogP contribution in [0, 0.1) is 6.92 Å². The molecule has 2 heterocycles. The molecule has 4 rings (SSSR count). The van der Waals surface area contributed by atoms with Gasteiger partial charge in [-0.2, -0.15) is 0 Å². The first-order chi connectivity index (χ1) is 13.3. The molecular formula is C20H13ClF3N3O. The summed E-state index contributed by atoms with van der Waals surface area (Å²) < 4.78 is 43.1. The second-order valence-electron chi connectivity index (χ2n) is 6.06. The molecule has 0 saturated heterocycles. The zero-order valence-corrected chi connectivity index (χ0v) is 15.3. The number of benzene rings is 2. The summed E-state index contributed by atoms with van der Waals surface area (Å²) in [5.74, 6) is 0.172. The number of imidazole rings is 1. The first-order valence-electron chi connectivity index (χ1n) is 8.29. The number of ether oxygens (including phenoxy) is 1. The SMILES string of the molecule is Cc1nc2ccc(-c3ccccc3)nc2n1-c1ccc(OC(F)(F)F)c(Cl)c1. The molecule has 142 valence electrons. The first kappa shape index (κ1) is 18.3. The van der Waals surface area contributed by atoms with Crippen molar-refractivity contribution in [3.05, 3.63) is 71.5 Å². The van der Waals surface area contributed by atoms with Crippen LogP contribution >= 0.6 is 11.6 Å². The Labute approximate surface area is 163 Å². The van der Waals surface area contributed by atoms with Crippen LogP contribution in [0.25, 0.3) is 28.1 Å². The van der Waals surface area contributed by atoms with E-state index in [0.717, 1.165) is 11.3 Å². The van der Waals surface area contributed by atoms with E-state index in [-0.39, 0.29) is 5.02 Å². The molecule has 0 saturated carbocycles. The van der Waals surface area contributed by atoms with Crippen LogP contribution in [0.2, 0.25) is 5.02 Å². The van der Waals surface area contributed by atoms with Crippen molar-refractivity contribution in [1.82, 2.24) is 14.5 Å². The highest BCUT2D eigenvalue weighted by Gasteiger charge is 2.32. The van der Waals surface area contributed by atoms with E-state index in [9.17, 15) is 13.2 Å². The summed E-state index contributed by atoms with van der Waals surface area (Å²) in [6.45, 7) is 1.79. The molecule has 8 heteroatoms. The van der Waals surface area contributed by atoms with Gasteiger partial charge in [-0.1, -0.05) is 41.9 Å². The quantitative estimate of drug-likeness (QED) is 0.424. The van der Waals surface area contributed by atoms with Crippen LogP contribution in [-0.4, -0.2) is 20.9 Å². The molecule has 0 unspecified atom stereocenters. The van der Waals surface area contributed by atoms with Crippen molar-refractivity contribution in [3.8, 4) is 22.7 Å². The molecule has 0 atom stereocenters. The molecule has 4 nitrogen and oxygen atoms in total. The fourth-order valence-corrected chi connectivity index (χ4v) is 3.20. The Balaban J connectivity index is 1.82. The van der Waals surface area contributed by atoms with Gasteiger partial charge in [0, 0.05) is 5.56 Å². The maximum Gasteiger partial charge on any atom is 0.573 e. The van der Waals surface area contributed by atoms with Gasteiger partial charge in [-0.05, 0) is 37.3 Å². The standard InChI is InChI=1S/C20H13ClF3N3O/c1-12-25-17-9-8-16(13-5-3-2-4-6-13)26-19(17)27(12)14-7-10-18(15(21)11-14)28-20(22,23)24/h2-11H,1H3. The van der Waals surface area contributed by atoms with Crippen LogP contribution in [-0.2, 0) is 0 Å². The average molecular weight is 404 g/mol. The van der Waals surface area contributed by atoms with E-state index in [0.29, 0.717) is 22.7 Å². The van der Waals surface area contributed by atoms with Gasteiger partial charge in [0.1, 0.15) is 17.1 Å². The number of fused-ring (bicyclic) bond motifs is 1. The van der Waals surface area contributed by atoms with Gasteiger partial charge in [-0.25, -0.2) is 9.97 Å². The lowest BCUT2D eigenvalue weighted by atomic mass is 10.1. The minimum Gasteiger partial charge on any atom is -0.404 e. The molecule has 2 aromatic heterocycles. The fraction of sp³-hybridized carbons (Fsp3) is 0.100. The molecule has 0 aliphatic carbocycles. The summed E-state index contributed by atoms with van der Waals surface area (Å²) in [7, 11) is 0. The van der Waals surface area contributed by atoms with Crippen LogP contribution < -0.4 is 4.74 Å². The average Bonchev–Trinajstić information content (AvgIpc) is 2.98. The number of aryl methyl sites for hydroxylation is 1. The molecule has 0 fully saturated rings. The Hall–Kier alpha value is -3.06. The lowest BCUT2D eigenvalue weighted by molar-refractivity contribution is -0.274. The smallest absolute Gasteiger partial charge is 0.404 e. The largest absolute Gasteiger partial charge is 0.573 e. The summed E-state index contributed by atoms with van der Waals surface area (Å²) in [5.41, 5.74) is 3.50. The maximum absolute atomic E-state index is 12.5. The lowest BCUT2D eigenvalue weighted by Gasteiger charge is -2.12. The van der Waals surface area contributed by atoms with Crippen LogP contribution in [0.3, 0.4) is 0 Å². The highest BCUT2D eigenvalue weighted by molar-refractivity contribution is 6.32. The summed E-state index contributed by atoms with van der Waals surface area (Å²) in [6.07, 6.45) is -4.81. The molecule has 0 amide bonds. The van der Waals surface area contributed by atoms with Crippen molar-refractivity contribution in [1.29, 1.82) is 0 Å². The zero-order valence-electron chi connectivity index (χ0n) is 14.5. The lowest BCUT2D eigenvalue weighted by Crippen LogP contribution is -2.17. The molecular weight excluding hydrogens is 391 g/mol. The zero-order chi connectivity index (χ0) is 19.9. The van der Waals surface area contributed by atoms with Crippen molar-refractivity contribution in [2.24, 2.45) is 0 Å². The van der Waals surface area contributed by atoms with E-state index < -0.39 is 12.1 Å². The Morgan fingerprint density at radius 1 is 0.964 bits per heavy atom. The Bertz CT molecular complexity index is 1160. The number of pyridine rings is 1. The van der Waals surface area contributed by atoms with Gasteiger partial charge in [0.05, 0.1) is 16.4 Å². The molecule has 28 heavy (non-hydrogen) atoms. The van der Waals surface area contributed by atoms with Crippen LogP contribution in [0.15, 0.2) is 60.7 Å². The summed E-state index contributed by atoms with van der Waals surface area (Å²) in [6, 6.07) is 17.4. The predicted molar refractivity (Wildman–Crippen MR) is 101 cm³/mol. The van der Waals surface area contributed by atoms with Crippen molar-refractivity contribution < 1.29 is 17.9 Å². The predicted octanol–water partition coefficient (Wildman–Crippen LogP) is 5.95. The van der Waals surface area contributed by atoms with Crippen LogP contribution in [0.4, 0.5) is 13.2 Å². The molecule has 0 N–H and O–H groups in total. The van der Waals surface area contributed by atoms with E-state index in [1.165, 1.54) is 18.2 Å². The third-order valence-electron chi connectivity index (χ3n) is 4.14. The Kier molecular flexibility index (Phi) is 4.47. The van der Waals surface area contributed by atoms with Crippen LogP contribution in [0.1, 0.15) is 5.82 Å². The molecule has 4 aromatic rings. The highest BCUT2D eigenvalue weighted by atomic mass is 35.5. The van der Waals surface area contributed by atoms with Gasteiger partial charge in [-0.15, -0.1) is 13.2 Å². The third kappa shape index (κ3) is 3.53. The van der Waals surface area contributed by atoms with Gasteiger partial charge in [0.25, 0.3) is 0 Å². The second kappa shape index (κ2) is 6.83. The minimum atomic E-state index is -4.81. The molecule has 0 aliphatic heterocycles. The van der Waals surface area contributed by atoms with E-state index >= 15 is 0 Å². The normalized spacial score (nSPS) is 11.8. The van der Waals surface area contributed by atoms with Crippen molar-refractivity contribution in [2.45, 2.75) is 13.3 Å². The van der Waals surface area contributed by atoms with Gasteiger partial charge in [-0.3, -0.25) is 4.57 Å². The number of aromatic nitrogens is 3. The number of hydrogen-bond donors (Lipinski definition) is 0. The summed E-state index contributed by atoms with van der Waals surface area (Å²) >= 11 is 6.00. The monoisotopic (exact) mass is 403 g/mol. The summed E-state index contributed by atoms with van der Waals surface area (Å²) in [4.78, 5) is 9.18. The third-order valence-corrected chi connectivity index (χ3v) is 4.44. The second-order valence-corrected chi connectivity index (χ2v) is 6.47. The van der Waals surface area contributed by atoms with Crippen molar-refractivity contribution in [3.63, 3.8) is 0 Å². The van der Waals surface area contributed by atoms with E-state index in [4.69, 9.17) is 16.6 Å². The van der Waals surface area contributed by atoms with Gasteiger partial charge in [0.2, 0.25) is 0 Å². The molecule has 0 spiro atoms. The van der Waals surface area contributed by atoms with Gasteiger partial charge >= 0.3 is 6.36 Å².